The smallest absolute Gasteiger partial charge is 0.0713 e. The van der Waals surface area contributed by atoms with Crippen LogP contribution >= 0.6 is 0 Å². The van der Waals surface area contributed by atoms with Gasteiger partial charge >= 0.3 is 0 Å². The van der Waals surface area contributed by atoms with Gasteiger partial charge in [-0.25, -0.2) is 0 Å². The van der Waals surface area contributed by atoms with E-state index in [2.05, 4.69) is 270 Å². The number of hydrogen-bond acceptors (Lipinski definition) is 1. The van der Waals surface area contributed by atoms with E-state index in [1.807, 2.05) is 0 Å². The molecule has 1 atom stereocenters. The zero-order valence-corrected chi connectivity index (χ0v) is 41.3. The molecule has 2 bridgehead atoms. The highest BCUT2D eigenvalue weighted by molar-refractivity contribution is 6.12. The van der Waals surface area contributed by atoms with Crippen LogP contribution in [-0.4, -0.2) is 4.57 Å². The maximum Gasteiger partial charge on any atom is 0.0713 e. The van der Waals surface area contributed by atoms with Gasteiger partial charge in [-0.3, -0.25) is 0 Å². The van der Waals surface area contributed by atoms with Crippen molar-refractivity contribution in [3.8, 4) is 39.1 Å². The number of aromatic nitrogens is 1. The first-order valence-electron chi connectivity index (χ1n) is 26.6. The van der Waals surface area contributed by atoms with Crippen LogP contribution in [0.2, 0.25) is 0 Å². The van der Waals surface area contributed by atoms with E-state index in [0.717, 1.165) is 34.2 Å². The molecule has 0 saturated heterocycles. The van der Waals surface area contributed by atoms with E-state index in [-0.39, 0.29) is 0 Å². The second kappa shape index (κ2) is 16.9. The quantitative estimate of drug-likeness (QED) is 0.140. The first-order chi connectivity index (χ1) is 36.7. The molecule has 352 valence electrons. The molecule has 2 nitrogen and oxygen atoms in total. The normalized spacial score (nSPS) is 18.5. The Labute approximate surface area is 433 Å². The molecule has 2 heteroatoms. The van der Waals surface area contributed by atoms with Crippen LogP contribution in [0.1, 0.15) is 59.9 Å². The van der Waals surface area contributed by atoms with Crippen LogP contribution in [0.25, 0.3) is 71.6 Å². The van der Waals surface area contributed by atoms with Crippen LogP contribution in [0.4, 0.5) is 17.1 Å². The average Bonchev–Trinajstić information content (AvgIpc) is 4.26. The molecule has 2 fully saturated rings. The molecule has 11 aromatic carbocycles. The van der Waals surface area contributed by atoms with E-state index in [1.54, 1.807) is 5.56 Å². The van der Waals surface area contributed by atoms with Crippen LogP contribution in [0.3, 0.4) is 0 Å². The molecule has 0 amide bonds. The van der Waals surface area contributed by atoms with Crippen molar-refractivity contribution in [2.75, 3.05) is 4.90 Å². The molecule has 0 aliphatic heterocycles. The highest BCUT2D eigenvalue weighted by atomic mass is 15.1. The second-order valence-corrected chi connectivity index (χ2v) is 21.2. The van der Waals surface area contributed by atoms with Gasteiger partial charge in [-0.15, -0.1) is 0 Å². The Kier molecular flexibility index (Phi) is 9.82. The Morgan fingerprint density at radius 3 is 1.76 bits per heavy atom. The third-order valence-electron chi connectivity index (χ3n) is 17.5. The van der Waals surface area contributed by atoms with Crippen molar-refractivity contribution in [1.82, 2.24) is 4.57 Å². The van der Waals surface area contributed by atoms with E-state index >= 15 is 0 Å². The van der Waals surface area contributed by atoms with Crippen LogP contribution < -0.4 is 4.90 Å². The monoisotopic (exact) mass is 946 g/mol. The fraction of sp³-hybridized carbons (Fsp3) is 0.111. The zero-order valence-electron chi connectivity index (χ0n) is 41.3. The molecule has 12 aromatic rings. The van der Waals surface area contributed by atoms with Gasteiger partial charge in [-0.05, 0) is 158 Å². The summed E-state index contributed by atoms with van der Waals surface area (Å²) >= 11 is 0. The summed E-state index contributed by atoms with van der Waals surface area (Å²) in [6.07, 6.45) is 6.72. The fourth-order valence-electron chi connectivity index (χ4n) is 14.2. The summed E-state index contributed by atoms with van der Waals surface area (Å²) in [5, 5.41) is 4.93. The van der Waals surface area contributed by atoms with Crippen LogP contribution in [-0.2, 0) is 10.8 Å². The van der Waals surface area contributed by atoms with Gasteiger partial charge in [-0.2, -0.15) is 0 Å². The number of rotatable bonds is 9. The number of para-hydroxylation sites is 3. The zero-order chi connectivity index (χ0) is 48.8. The standard InChI is InChI=1S/C72H54N2/c1-4-18-50(19-5-1)58-29-16-20-51-21-17-30-63(70(51)58)61-28-12-14-32-67(61)73(57-39-40-62-60-27-11-15-33-68(60)74(69(62)47-57)55-24-8-3-9-25-55)56-37-34-53(35-38-56)72(52-22-6-2-7-23-52)65-31-13-10-26-59(65)64-46-54(36-41-66(64)72)71-44-42-49(48-71)43-45-71/h1-41,46-47,49H,42-45,48H2. The first-order valence-corrected chi connectivity index (χ1v) is 26.6. The van der Waals surface area contributed by atoms with Gasteiger partial charge in [0, 0.05) is 33.4 Å². The summed E-state index contributed by atoms with van der Waals surface area (Å²) in [6, 6.07) is 97.9. The van der Waals surface area contributed by atoms with Crippen molar-refractivity contribution in [3.05, 3.63) is 289 Å². The van der Waals surface area contributed by atoms with Crippen molar-refractivity contribution >= 4 is 49.6 Å². The number of hydrogen-bond donors (Lipinski definition) is 0. The molecule has 1 unspecified atom stereocenters. The number of anilines is 3. The summed E-state index contributed by atoms with van der Waals surface area (Å²) in [5.41, 5.74) is 21.0. The van der Waals surface area contributed by atoms with Crippen molar-refractivity contribution in [2.24, 2.45) is 5.92 Å². The predicted octanol–water partition coefficient (Wildman–Crippen LogP) is 18.9. The van der Waals surface area contributed by atoms with E-state index in [9.17, 15) is 0 Å². The number of nitrogens with zero attached hydrogens (tertiary/aromatic N) is 2. The fourth-order valence-corrected chi connectivity index (χ4v) is 14.2. The van der Waals surface area contributed by atoms with Gasteiger partial charge in [0.2, 0.25) is 0 Å². The summed E-state index contributed by atoms with van der Waals surface area (Å²) in [7, 11) is 0. The Morgan fingerprint density at radius 1 is 0.392 bits per heavy atom. The largest absolute Gasteiger partial charge is 0.310 e. The minimum atomic E-state index is -0.509. The van der Waals surface area contributed by atoms with Crippen LogP contribution in [0, 0.1) is 5.92 Å². The molecule has 2 saturated carbocycles. The highest BCUT2D eigenvalue weighted by Gasteiger charge is 2.49. The summed E-state index contributed by atoms with van der Waals surface area (Å²) < 4.78 is 2.43. The molecule has 74 heavy (non-hydrogen) atoms. The molecular weight excluding hydrogens is 893 g/mol. The lowest BCUT2D eigenvalue weighted by molar-refractivity contribution is 0.419. The van der Waals surface area contributed by atoms with E-state index in [4.69, 9.17) is 0 Å². The van der Waals surface area contributed by atoms with Gasteiger partial charge in [0.15, 0.2) is 0 Å². The van der Waals surface area contributed by atoms with Crippen molar-refractivity contribution in [1.29, 1.82) is 0 Å². The minimum absolute atomic E-state index is 0.321. The summed E-state index contributed by atoms with van der Waals surface area (Å²) in [5.74, 6) is 0.888. The third-order valence-corrected chi connectivity index (χ3v) is 17.5. The molecule has 0 radical (unpaired) electrons. The molecule has 0 spiro atoms. The number of benzene rings is 11. The lowest BCUT2D eigenvalue weighted by Gasteiger charge is -2.35. The number of fused-ring (bicyclic) bond motifs is 9. The Morgan fingerprint density at radius 2 is 0.986 bits per heavy atom. The maximum atomic E-state index is 2.61. The highest BCUT2D eigenvalue weighted by Crippen LogP contribution is 2.60. The van der Waals surface area contributed by atoms with Gasteiger partial charge < -0.3 is 9.47 Å². The molecule has 1 heterocycles. The molecule has 0 N–H and O–H groups in total. The first kappa shape index (κ1) is 42.9. The Bertz CT molecular complexity index is 4100. The van der Waals surface area contributed by atoms with Gasteiger partial charge in [-0.1, -0.05) is 212 Å². The van der Waals surface area contributed by atoms with Gasteiger partial charge in [0.25, 0.3) is 0 Å². The summed E-state index contributed by atoms with van der Waals surface area (Å²) in [4.78, 5) is 2.50. The van der Waals surface area contributed by atoms with Crippen molar-refractivity contribution in [3.63, 3.8) is 0 Å². The summed E-state index contributed by atoms with van der Waals surface area (Å²) in [6.45, 7) is 0. The van der Waals surface area contributed by atoms with Gasteiger partial charge in [0.05, 0.1) is 22.1 Å². The molecule has 3 aliphatic rings. The van der Waals surface area contributed by atoms with E-state index in [1.165, 1.54) is 115 Å². The average molecular weight is 947 g/mol. The molecular formula is C72H54N2. The lowest BCUT2D eigenvalue weighted by Crippen LogP contribution is -2.29. The van der Waals surface area contributed by atoms with E-state index < -0.39 is 5.41 Å². The topological polar surface area (TPSA) is 8.17 Å². The van der Waals surface area contributed by atoms with Crippen molar-refractivity contribution < 1.29 is 0 Å². The predicted molar refractivity (Wildman–Crippen MR) is 309 cm³/mol. The molecule has 3 aliphatic carbocycles. The Hall–Kier alpha value is -8.72. The molecule has 15 rings (SSSR count). The van der Waals surface area contributed by atoms with E-state index in [0.29, 0.717) is 5.41 Å². The lowest BCUT2D eigenvalue weighted by atomic mass is 9.67. The second-order valence-electron chi connectivity index (χ2n) is 21.2. The molecule has 1 aromatic heterocycles. The van der Waals surface area contributed by atoms with Crippen LogP contribution in [0.5, 0.6) is 0 Å². The third kappa shape index (κ3) is 6.44. The van der Waals surface area contributed by atoms with Gasteiger partial charge in [0.1, 0.15) is 0 Å². The Balaban J connectivity index is 0.961. The SMILES string of the molecule is c1ccc(-c2cccc3cccc(-c4ccccc4N(c4ccc(C5(c6ccccc6)c6ccccc6-c6cc(C78CCC(CC7)C8)ccc65)cc4)c4ccc5c6ccccc6n(-c6ccccc6)c5c4)c23)cc1. The minimum Gasteiger partial charge on any atom is -0.310 e. The van der Waals surface area contributed by atoms with Crippen LogP contribution in [0.15, 0.2) is 261 Å². The van der Waals surface area contributed by atoms with Crippen molar-refractivity contribution in [2.45, 2.75) is 42.9 Å². The maximum absolute atomic E-state index is 2.61.